The Morgan fingerprint density at radius 1 is 1.22 bits per heavy atom. The Hall–Kier alpha value is -2.32. The van der Waals surface area contributed by atoms with Crippen LogP contribution < -0.4 is 9.64 Å². The predicted octanol–water partition coefficient (Wildman–Crippen LogP) is 5.57. The number of benzene rings is 2. The van der Waals surface area contributed by atoms with Crippen molar-refractivity contribution in [1.82, 2.24) is 0 Å². The van der Waals surface area contributed by atoms with Crippen molar-refractivity contribution in [2.75, 3.05) is 44.9 Å². The molecule has 6 atom stereocenters. The van der Waals surface area contributed by atoms with Crippen LogP contribution in [0.15, 0.2) is 36.4 Å². The monoisotopic (exact) mass is 583 g/mol. The first-order valence-electron chi connectivity index (χ1n) is 15.2. The molecule has 2 fully saturated rings. The molecule has 2 heterocycles. The number of nitrogens with zero attached hydrogens (tertiary/aromatic N) is 1. The first-order valence-corrected chi connectivity index (χ1v) is 15.5. The lowest BCUT2D eigenvalue weighted by molar-refractivity contribution is -0.124. The van der Waals surface area contributed by atoms with Crippen molar-refractivity contribution in [3.8, 4) is 5.75 Å². The van der Waals surface area contributed by atoms with E-state index in [4.69, 9.17) is 30.5 Å². The van der Waals surface area contributed by atoms with Crippen LogP contribution in [0.3, 0.4) is 0 Å². The molecule has 1 spiro atoms. The molecule has 0 amide bonds. The number of aliphatic hydroxyl groups is 1. The third-order valence-electron chi connectivity index (χ3n) is 9.71. The van der Waals surface area contributed by atoms with Crippen molar-refractivity contribution in [3.05, 3.63) is 58.1 Å². The van der Waals surface area contributed by atoms with Crippen LogP contribution in [-0.2, 0) is 26.0 Å². The molecule has 2 aromatic carbocycles. The van der Waals surface area contributed by atoms with Crippen LogP contribution in [0.2, 0.25) is 5.02 Å². The molecule has 41 heavy (non-hydrogen) atoms. The second-order valence-corrected chi connectivity index (χ2v) is 13.0. The van der Waals surface area contributed by atoms with Gasteiger partial charge in [0.05, 0.1) is 49.9 Å². The molecular weight excluding hydrogens is 542 g/mol. The van der Waals surface area contributed by atoms with Crippen molar-refractivity contribution in [2.24, 2.45) is 11.8 Å². The molecule has 2 aliphatic carbocycles. The summed E-state index contributed by atoms with van der Waals surface area (Å²) in [6, 6.07) is 12.0. The number of fused-ring (bicyclic) bond motifs is 3. The minimum absolute atomic E-state index is 0.133. The minimum Gasteiger partial charge on any atom is -0.490 e. The van der Waals surface area contributed by atoms with E-state index >= 15 is 0 Å². The highest BCUT2D eigenvalue weighted by molar-refractivity contribution is 6.30. The van der Waals surface area contributed by atoms with E-state index in [-0.39, 0.29) is 23.6 Å². The summed E-state index contributed by atoms with van der Waals surface area (Å²) in [5.41, 5.74) is 3.97. The molecule has 1 saturated heterocycles. The van der Waals surface area contributed by atoms with Crippen LogP contribution in [0.5, 0.6) is 5.75 Å². The van der Waals surface area contributed by atoms with Crippen molar-refractivity contribution in [2.45, 2.75) is 75.6 Å². The van der Waals surface area contributed by atoms with Crippen molar-refractivity contribution < 1.29 is 28.8 Å². The normalized spacial score (nSPS) is 29.9. The molecule has 0 bridgehead atoms. The Kier molecular flexibility index (Phi) is 8.51. The maximum atomic E-state index is 12.5. The summed E-state index contributed by atoms with van der Waals surface area (Å²) >= 11 is 6.41. The van der Waals surface area contributed by atoms with Gasteiger partial charge in [-0.3, -0.25) is 0 Å². The molecule has 2 aliphatic heterocycles. The number of anilines is 1. The van der Waals surface area contributed by atoms with Crippen LogP contribution in [0.4, 0.5) is 5.69 Å². The Morgan fingerprint density at radius 3 is 2.88 bits per heavy atom. The van der Waals surface area contributed by atoms with Crippen molar-refractivity contribution in [3.63, 3.8) is 0 Å². The van der Waals surface area contributed by atoms with Crippen LogP contribution in [-0.4, -0.2) is 69.4 Å². The summed E-state index contributed by atoms with van der Waals surface area (Å²) in [6.45, 7) is 5.10. The van der Waals surface area contributed by atoms with Gasteiger partial charge >= 0.3 is 5.97 Å². The van der Waals surface area contributed by atoms with Gasteiger partial charge in [0.15, 0.2) is 0 Å². The lowest BCUT2D eigenvalue weighted by Gasteiger charge is -2.47. The number of hydrogen-bond donors (Lipinski definition) is 1. The van der Waals surface area contributed by atoms with Gasteiger partial charge in [-0.15, -0.1) is 0 Å². The van der Waals surface area contributed by atoms with Crippen LogP contribution in [0, 0.1) is 11.8 Å². The number of halogens is 1. The fraction of sp³-hybridized carbons (Fsp3) is 0.606. The molecule has 1 N–H and O–H groups in total. The van der Waals surface area contributed by atoms with E-state index in [0.717, 1.165) is 74.5 Å². The van der Waals surface area contributed by atoms with Crippen LogP contribution in [0.1, 0.15) is 66.9 Å². The molecule has 2 aromatic rings. The fourth-order valence-electron chi connectivity index (χ4n) is 7.47. The predicted molar refractivity (Wildman–Crippen MR) is 158 cm³/mol. The molecular formula is C33H42ClNO6. The average molecular weight is 584 g/mol. The summed E-state index contributed by atoms with van der Waals surface area (Å²) in [4.78, 5) is 15.0. The molecule has 0 radical (unpaired) electrons. The topological polar surface area (TPSA) is 77.5 Å². The van der Waals surface area contributed by atoms with E-state index in [0.29, 0.717) is 37.2 Å². The zero-order valence-corrected chi connectivity index (χ0v) is 24.9. The van der Waals surface area contributed by atoms with E-state index < -0.39 is 6.10 Å². The number of ether oxygens (including phenoxy) is 4. The van der Waals surface area contributed by atoms with Crippen molar-refractivity contribution >= 4 is 23.3 Å². The van der Waals surface area contributed by atoms with Gasteiger partial charge in [-0.05, 0) is 98.7 Å². The quantitative estimate of drug-likeness (QED) is 0.427. The standard InChI is InChI=1S/C33H42ClNO6/c1-21(36)18-40-26-11-13-39-31(16-26)27-8-5-24(27)17-35-19-33(12-3-4-22-14-25(34)7-9-28(22)33)20-41-30-10-6-23(15-29(30)35)32(37)38-2/h6-7,9-10,14-15,21,24,26-27,31,36H,3-5,8,11-13,16-20H2,1-2H3/t21-,24+,26+,27-,31+,33+/m1/s1. The Labute approximate surface area is 248 Å². The Bertz CT molecular complexity index is 1250. The van der Waals surface area contributed by atoms with Gasteiger partial charge in [-0.25, -0.2) is 4.79 Å². The zero-order chi connectivity index (χ0) is 28.6. The molecule has 7 nitrogen and oxygen atoms in total. The minimum atomic E-state index is -0.457. The Balaban J connectivity index is 1.28. The number of esters is 1. The highest BCUT2D eigenvalue weighted by Crippen LogP contribution is 2.47. The molecule has 6 rings (SSSR count). The highest BCUT2D eigenvalue weighted by Gasteiger charge is 2.45. The lowest BCUT2D eigenvalue weighted by Crippen LogP contribution is -2.51. The maximum Gasteiger partial charge on any atom is 0.337 e. The van der Waals surface area contributed by atoms with E-state index in [1.807, 2.05) is 18.2 Å². The molecule has 4 aliphatic rings. The van der Waals surface area contributed by atoms with Gasteiger partial charge in [0.2, 0.25) is 0 Å². The SMILES string of the molecule is COC(=O)c1ccc2c(c1)N(C[C@@H]1CC[C@H]1[C@@H]1C[C@@H](OC[C@@H](C)O)CCO1)C[C@@]1(CCCc3cc(Cl)ccc31)CO2. The van der Waals surface area contributed by atoms with Gasteiger partial charge in [-0.2, -0.15) is 0 Å². The summed E-state index contributed by atoms with van der Waals surface area (Å²) < 4.78 is 23.9. The van der Waals surface area contributed by atoms with Gasteiger partial charge in [-0.1, -0.05) is 17.7 Å². The molecule has 0 unspecified atom stereocenters. The number of carbonyl (C=O) groups is 1. The maximum absolute atomic E-state index is 12.5. The largest absolute Gasteiger partial charge is 0.490 e. The Morgan fingerprint density at radius 2 is 2.10 bits per heavy atom. The smallest absolute Gasteiger partial charge is 0.337 e. The first kappa shape index (κ1) is 28.8. The van der Waals surface area contributed by atoms with Crippen molar-refractivity contribution in [1.29, 1.82) is 0 Å². The molecule has 222 valence electrons. The summed E-state index contributed by atoms with van der Waals surface area (Å²) in [7, 11) is 1.42. The van der Waals surface area contributed by atoms with E-state index in [2.05, 4.69) is 17.0 Å². The number of carbonyl (C=O) groups excluding carboxylic acids is 1. The summed E-state index contributed by atoms with van der Waals surface area (Å²) in [5, 5.41) is 10.5. The zero-order valence-electron chi connectivity index (χ0n) is 24.1. The van der Waals surface area contributed by atoms with E-state index in [1.165, 1.54) is 18.2 Å². The molecule has 0 aromatic heterocycles. The average Bonchev–Trinajstić information content (AvgIpc) is 3.11. The van der Waals surface area contributed by atoms with E-state index in [9.17, 15) is 9.90 Å². The molecule has 8 heteroatoms. The summed E-state index contributed by atoms with van der Waals surface area (Å²) in [6.07, 6.45) is 7.03. The van der Waals surface area contributed by atoms with Gasteiger partial charge in [0.25, 0.3) is 0 Å². The number of aryl methyl sites for hydroxylation is 1. The number of rotatable bonds is 7. The van der Waals surface area contributed by atoms with Gasteiger partial charge < -0.3 is 29.0 Å². The second kappa shape index (κ2) is 12.1. The third kappa shape index (κ3) is 5.96. The number of hydrogen-bond acceptors (Lipinski definition) is 7. The van der Waals surface area contributed by atoms with Gasteiger partial charge in [0.1, 0.15) is 5.75 Å². The summed E-state index contributed by atoms with van der Waals surface area (Å²) in [5.74, 6) is 1.39. The lowest BCUT2D eigenvalue weighted by atomic mass is 9.67. The second-order valence-electron chi connectivity index (χ2n) is 12.5. The number of aliphatic hydroxyl groups excluding tert-OH is 1. The fourth-order valence-corrected chi connectivity index (χ4v) is 7.67. The highest BCUT2D eigenvalue weighted by atomic mass is 35.5. The van der Waals surface area contributed by atoms with E-state index in [1.54, 1.807) is 13.0 Å². The van der Waals surface area contributed by atoms with Crippen LogP contribution >= 0.6 is 11.6 Å². The first-order chi connectivity index (χ1) is 19.8. The number of methoxy groups -OCH3 is 1. The molecule has 1 saturated carbocycles. The third-order valence-corrected chi connectivity index (χ3v) is 9.94. The van der Waals surface area contributed by atoms with Gasteiger partial charge in [0, 0.05) is 36.6 Å². The van der Waals surface area contributed by atoms with Crippen LogP contribution in [0.25, 0.3) is 0 Å².